The zero-order chi connectivity index (χ0) is 31.1. The predicted octanol–water partition coefficient (Wildman–Crippen LogP) is 9.29. The molecular formula is C36H33GeIrN3S-2. The van der Waals surface area contributed by atoms with Gasteiger partial charge < -0.3 is 4.57 Å². The van der Waals surface area contributed by atoms with E-state index >= 15 is 0 Å². The zero-order valence-electron chi connectivity index (χ0n) is 27.0. The van der Waals surface area contributed by atoms with E-state index in [-0.39, 0.29) is 20.1 Å². The average molecular weight is 808 g/mol. The van der Waals surface area contributed by atoms with Gasteiger partial charge >= 0.3 is 99.8 Å². The summed E-state index contributed by atoms with van der Waals surface area (Å²) >= 11 is -0.108. The Morgan fingerprint density at radius 3 is 2.43 bits per heavy atom. The first-order valence-corrected chi connectivity index (χ1v) is 22.0. The summed E-state index contributed by atoms with van der Waals surface area (Å²) < 4.78 is 29.6. The maximum atomic E-state index is 8.01. The fourth-order valence-corrected chi connectivity index (χ4v) is 8.47. The van der Waals surface area contributed by atoms with Gasteiger partial charge in [0.1, 0.15) is 0 Å². The van der Waals surface area contributed by atoms with E-state index in [1.54, 1.807) is 17.4 Å². The molecule has 0 unspecified atom stereocenters. The maximum Gasteiger partial charge on any atom is 0 e. The predicted molar refractivity (Wildman–Crippen MR) is 179 cm³/mol. The minimum Gasteiger partial charge on any atom is 0 e. The van der Waals surface area contributed by atoms with Crippen molar-refractivity contribution < 1.29 is 24.2 Å². The molecule has 42 heavy (non-hydrogen) atoms. The zero-order valence-corrected chi connectivity index (χ0v) is 29.3. The molecule has 0 saturated heterocycles. The number of fused-ring (bicyclic) bond motifs is 4. The van der Waals surface area contributed by atoms with Crippen molar-refractivity contribution in [3.63, 3.8) is 0 Å². The molecule has 213 valence electrons. The topological polar surface area (TPSA) is 30.7 Å². The van der Waals surface area contributed by atoms with Crippen molar-refractivity contribution in [1.29, 1.82) is 0 Å². The number of nitrogens with zero attached hydrogens (tertiary/aromatic N) is 3. The number of para-hydroxylation sites is 2. The summed E-state index contributed by atoms with van der Waals surface area (Å²) in [7, 11) is 0. The fraction of sp³-hybridized carbons (Fsp3) is 0.167. The largest absolute Gasteiger partial charge is 0 e. The average Bonchev–Trinajstić information content (AvgIpc) is 3.59. The molecule has 0 N–H and O–H groups in total. The molecule has 3 nitrogen and oxygen atoms in total. The Labute approximate surface area is 272 Å². The van der Waals surface area contributed by atoms with Crippen LogP contribution in [-0.2, 0) is 26.7 Å². The number of benzene rings is 4. The van der Waals surface area contributed by atoms with E-state index in [1.165, 1.54) is 4.40 Å². The molecule has 0 spiro atoms. The second kappa shape index (κ2) is 12.6. The number of aromatic nitrogens is 3. The van der Waals surface area contributed by atoms with Crippen molar-refractivity contribution in [2.45, 2.75) is 37.6 Å². The number of thiophene rings is 1. The van der Waals surface area contributed by atoms with Gasteiger partial charge in [-0.2, -0.15) is 11.3 Å². The Bertz CT molecular complexity index is 2080. The van der Waals surface area contributed by atoms with E-state index in [0.717, 1.165) is 60.4 Å². The van der Waals surface area contributed by atoms with Gasteiger partial charge in [-0.1, -0.05) is 48.1 Å². The third-order valence-corrected chi connectivity index (χ3v) is 12.7. The SMILES string of the molecule is [2H]C([2H])([2H])c1c[c-]c(-c2nc3ccccc3n2CC)c2sc3ccccc3c12.[CH3][Ge]([CH3])([CH3])[c]1ccc(-c2[c-]cccc2)nc1.[Ir]. The maximum absolute atomic E-state index is 8.01. The number of imidazole rings is 1. The van der Waals surface area contributed by atoms with Crippen LogP contribution in [0.2, 0.25) is 17.3 Å². The molecular weight excluding hydrogens is 771 g/mol. The molecule has 7 aromatic rings. The molecule has 7 rings (SSSR count). The van der Waals surface area contributed by atoms with Crippen LogP contribution in [0.5, 0.6) is 0 Å². The van der Waals surface area contributed by atoms with E-state index < -0.39 is 20.1 Å². The Morgan fingerprint density at radius 2 is 1.71 bits per heavy atom. The van der Waals surface area contributed by atoms with Gasteiger partial charge in [0.05, 0.1) is 16.9 Å². The van der Waals surface area contributed by atoms with E-state index in [9.17, 15) is 0 Å². The van der Waals surface area contributed by atoms with Gasteiger partial charge in [-0.15, -0.1) is 17.7 Å². The summed E-state index contributed by atoms with van der Waals surface area (Å²) in [4.78, 5) is 9.39. The van der Waals surface area contributed by atoms with Crippen LogP contribution >= 0.6 is 11.3 Å². The first-order valence-electron chi connectivity index (χ1n) is 15.3. The van der Waals surface area contributed by atoms with Crippen LogP contribution in [0.25, 0.3) is 53.9 Å². The molecule has 0 saturated carbocycles. The number of hydrogen-bond donors (Lipinski definition) is 0. The monoisotopic (exact) mass is 809 g/mol. The molecule has 0 aliphatic rings. The third kappa shape index (κ3) is 5.89. The van der Waals surface area contributed by atoms with Crippen LogP contribution in [0, 0.1) is 19.0 Å². The second-order valence-corrected chi connectivity index (χ2v) is 22.7. The quantitative estimate of drug-likeness (QED) is 0.131. The Kier molecular flexibility index (Phi) is 7.99. The van der Waals surface area contributed by atoms with Gasteiger partial charge in [-0.3, -0.25) is 4.98 Å². The van der Waals surface area contributed by atoms with Crippen molar-refractivity contribution in [2.75, 3.05) is 0 Å². The van der Waals surface area contributed by atoms with Crippen molar-refractivity contribution in [3.05, 3.63) is 115 Å². The van der Waals surface area contributed by atoms with Crippen molar-refractivity contribution >= 4 is 60.2 Å². The van der Waals surface area contributed by atoms with E-state index in [2.05, 4.69) is 64.1 Å². The minimum absolute atomic E-state index is 0. The van der Waals surface area contributed by atoms with Gasteiger partial charge in [-0.05, 0) is 35.2 Å². The van der Waals surface area contributed by atoms with Crippen LogP contribution in [-0.4, -0.2) is 27.8 Å². The Balaban J connectivity index is 0.000000202. The molecule has 4 aromatic carbocycles. The summed E-state index contributed by atoms with van der Waals surface area (Å²) in [6, 6.07) is 36.4. The van der Waals surface area contributed by atoms with E-state index in [0.29, 0.717) is 5.56 Å². The summed E-state index contributed by atoms with van der Waals surface area (Å²) in [5.74, 6) is 7.97. The number of aryl methyl sites for hydroxylation is 2. The number of hydrogen-bond acceptors (Lipinski definition) is 3. The van der Waals surface area contributed by atoms with Gasteiger partial charge in [0, 0.05) is 35.5 Å². The van der Waals surface area contributed by atoms with Gasteiger partial charge in [0.2, 0.25) is 0 Å². The van der Waals surface area contributed by atoms with Crippen LogP contribution in [0.15, 0.2) is 97.2 Å². The van der Waals surface area contributed by atoms with Crippen LogP contribution in [0.4, 0.5) is 0 Å². The Hall–Kier alpha value is -3.09. The van der Waals surface area contributed by atoms with Gasteiger partial charge in [0.15, 0.2) is 0 Å². The molecule has 6 heteroatoms. The first kappa shape index (κ1) is 26.5. The standard InChI is InChI=1S/C22H17N2S.C14H16GeN.Ir/c1-3-24-18-10-6-5-9-17(18)23-22(24)16-13-12-14(2)20-15-8-4-7-11-19(15)25-21(16)20;1-15(2,3)13-9-10-14(16-11-13)12-7-5-4-6-8-12;/h4-12H,3H2,1-2H3;4-7,9-11H,1-3H3;/q2*-1;/i2D3;;. The minimum atomic E-state index is -2.19. The second-order valence-electron chi connectivity index (χ2n) is 11.0. The summed E-state index contributed by atoms with van der Waals surface area (Å²) in [6.45, 7) is 0.676. The fourth-order valence-electron chi connectivity index (χ4n) is 5.07. The number of rotatable bonds is 4. The Morgan fingerprint density at radius 1 is 0.929 bits per heavy atom. The molecule has 0 atom stereocenters. The molecule has 3 heterocycles. The van der Waals surface area contributed by atoms with Crippen molar-refractivity contribution in [2.24, 2.45) is 0 Å². The summed E-state index contributed by atoms with van der Waals surface area (Å²) in [5, 5.41) is 1.77. The normalized spacial score (nSPS) is 12.7. The van der Waals surface area contributed by atoms with Crippen LogP contribution in [0.3, 0.4) is 0 Å². The van der Waals surface area contributed by atoms with Gasteiger partial charge in [-0.25, -0.2) is 0 Å². The van der Waals surface area contributed by atoms with E-state index in [1.807, 2.05) is 72.9 Å². The van der Waals surface area contributed by atoms with Crippen molar-refractivity contribution in [1.82, 2.24) is 14.5 Å². The molecule has 3 aromatic heterocycles. The molecule has 0 amide bonds. The molecule has 0 bridgehead atoms. The summed E-state index contributed by atoms with van der Waals surface area (Å²) in [6.07, 6.45) is 2.04. The van der Waals surface area contributed by atoms with Crippen molar-refractivity contribution in [3.8, 4) is 22.6 Å². The van der Waals surface area contributed by atoms with Crippen LogP contribution < -0.4 is 4.40 Å². The molecule has 1 radical (unpaired) electrons. The van der Waals surface area contributed by atoms with Crippen LogP contribution in [0.1, 0.15) is 16.6 Å². The third-order valence-electron chi connectivity index (χ3n) is 7.26. The molecule has 0 aliphatic heterocycles. The first-order chi connectivity index (χ1) is 21.1. The van der Waals surface area contributed by atoms with E-state index in [4.69, 9.17) is 9.10 Å². The smallest absolute Gasteiger partial charge is 0 e. The van der Waals surface area contributed by atoms with Gasteiger partial charge in [0.25, 0.3) is 0 Å². The molecule has 0 aliphatic carbocycles. The number of pyridine rings is 1. The summed E-state index contributed by atoms with van der Waals surface area (Å²) in [5.41, 5.74) is 5.29. The molecule has 0 fully saturated rings.